The normalized spacial score (nSPS) is 29.0. The van der Waals surface area contributed by atoms with Gasteiger partial charge in [-0.05, 0) is 13.0 Å². The first-order chi connectivity index (χ1) is 6.31. The summed E-state index contributed by atoms with van der Waals surface area (Å²) in [6.07, 6.45) is 0.971. The molecular formula is C9H16N2O2. The molecule has 0 aliphatic carbocycles. The highest BCUT2D eigenvalue weighted by atomic mass is 16.3. The fraction of sp³-hybridized carbons (Fsp3) is 0.889. The summed E-state index contributed by atoms with van der Waals surface area (Å²) >= 11 is 0. The van der Waals surface area contributed by atoms with Gasteiger partial charge in [-0.2, -0.15) is 0 Å². The highest BCUT2D eigenvalue weighted by molar-refractivity contribution is 5.80. The maximum absolute atomic E-state index is 11.7. The Morgan fingerprint density at radius 3 is 2.85 bits per heavy atom. The maximum atomic E-state index is 11.7. The van der Waals surface area contributed by atoms with E-state index in [0.29, 0.717) is 5.92 Å². The third-order valence-electron chi connectivity index (χ3n) is 2.94. The second-order valence-electron chi connectivity index (χ2n) is 3.98. The summed E-state index contributed by atoms with van der Waals surface area (Å²) in [5.41, 5.74) is 0. The summed E-state index contributed by atoms with van der Waals surface area (Å²) in [6.45, 7) is 3.52. The Morgan fingerprint density at radius 1 is 1.54 bits per heavy atom. The lowest BCUT2D eigenvalue weighted by atomic mass is 9.97. The number of carbonyl (C=O) groups is 1. The topological polar surface area (TPSA) is 52.6 Å². The summed E-state index contributed by atoms with van der Waals surface area (Å²) in [5, 5.41) is 12.0. The van der Waals surface area contributed by atoms with Gasteiger partial charge >= 0.3 is 0 Å². The van der Waals surface area contributed by atoms with Crippen LogP contribution in [0, 0.1) is 11.8 Å². The van der Waals surface area contributed by atoms with Crippen LogP contribution in [0.2, 0.25) is 0 Å². The van der Waals surface area contributed by atoms with Crippen LogP contribution < -0.4 is 5.32 Å². The zero-order chi connectivity index (χ0) is 9.26. The van der Waals surface area contributed by atoms with Crippen molar-refractivity contribution in [2.75, 3.05) is 32.8 Å². The van der Waals surface area contributed by atoms with Crippen LogP contribution in [-0.2, 0) is 4.79 Å². The number of likely N-dealkylation sites (tertiary alicyclic amines) is 1. The van der Waals surface area contributed by atoms with Crippen molar-refractivity contribution < 1.29 is 9.90 Å². The molecule has 2 saturated heterocycles. The summed E-state index contributed by atoms with van der Waals surface area (Å²) < 4.78 is 0. The first-order valence-electron chi connectivity index (χ1n) is 4.91. The van der Waals surface area contributed by atoms with Gasteiger partial charge in [0, 0.05) is 32.2 Å². The molecule has 0 bridgehead atoms. The summed E-state index contributed by atoms with van der Waals surface area (Å²) in [6, 6.07) is 0. The number of amides is 1. The minimum absolute atomic E-state index is 0.194. The van der Waals surface area contributed by atoms with Crippen LogP contribution in [0.3, 0.4) is 0 Å². The Morgan fingerprint density at radius 2 is 2.31 bits per heavy atom. The van der Waals surface area contributed by atoms with E-state index in [2.05, 4.69) is 5.32 Å². The van der Waals surface area contributed by atoms with Crippen molar-refractivity contribution in [3.8, 4) is 0 Å². The molecule has 4 nitrogen and oxygen atoms in total. The molecule has 1 amide bonds. The lowest BCUT2D eigenvalue weighted by molar-refractivity contribution is -0.142. The summed E-state index contributed by atoms with van der Waals surface area (Å²) in [7, 11) is 0. The number of aliphatic hydroxyl groups is 1. The van der Waals surface area contributed by atoms with Crippen molar-refractivity contribution in [2.24, 2.45) is 11.8 Å². The van der Waals surface area contributed by atoms with Gasteiger partial charge in [0.25, 0.3) is 0 Å². The first kappa shape index (κ1) is 8.97. The largest absolute Gasteiger partial charge is 0.396 e. The number of aliphatic hydroxyl groups excluding tert-OH is 1. The van der Waals surface area contributed by atoms with Gasteiger partial charge in [0.1, 0.15) is 0 Å². The fourth-order valence-corrected chi connectivity index (χ4v) is 1.99. The highest BCUT2D eigenvalue weighted by Gasteiger charge is 2.34. The Hall–Kier alpha value is -0.610. The molecule has 74 valence electrons. The van der Waals surface area contributed by atoms with Crippen molar-refractivity contribution in [3.63, 3.8) is 0 Å². The molecule has 1 atom stereocenters. The highest BCUT2D eigenvalue weighted by Crippen LogP contribution is 2.20. The van der Waals surface area contributed by atoms with Gasteiger partial charge in [-0.15, -0.1) is 0 Å². The molecule has 0 aromatic carbocycles. The van der Waals surface area contributed by atoms with E-state index in [4.69, 9.17) is 5.11 Å². The molecule has 0 aromatic rings. The van der Waals surface area contributed by atoms with Gasteiger partial charge in [0.2, 0.25) is 5.91 Å². The second kappa shape index (κ2) is 3.64. The van der Waals surface area contributed by atoms with Crippen LogP contribution in [0.4, 0.5) is 0 Å². The molecule has 0 radical (unpaired) electrons. The second-order valence-corrected chi connectivity index (χ2v) is 3.98. The average Bonchev–Trinajstić information content (AvgIpc) is 2.53. The number of hydrogen-bond acceptors (Lipinski definition) is 3. The van der Waals surface area contributed by atoms with E-state index in [0.717, 1.165) is 32.6 Å². The average molecular weight is 184 g/mol. The molecule has 2 heterocycles. The Labute approximate surface area is 77.9 Å². The maximum Gasteiger partial charge on any atom is 0.227 e. The summed E-state index contributed by atoms with van der Waals surface area (Å²) in [5.74, 6) is 0.799. The molecule has 4 heteroatoms. The van der Waals surface area contributed by atoms with Gasteiger partial charge in [-0.25, -0.2) is 0 Å². The zero-order valence-corrected chi connectivity index (χ0v) is 7.70. The number of carbonyl (C=O) groups excluding carboxylic acids is 1. The Balaban J connectivity index is 1.78. The quantitative estimate of drug-likeness (QED) is 0.581. The Kier molecular flexibility index (Phi) is 2.51. The van der Waals surface area contributed by atoms with Gasteiger partial charge < -0.3 is 15.3 Å². The number of nitrogens with one attached hydrogen (secondary N) is 1. The minimum Gasteiger partial charge on any atom is -0.396 e. The van der Waals surface area contributed by atoms with Gasteiger partial charge in [0.05, 0.1) is 5.92 Å². The van der Waals surface area contributed by atoms with Gasteiger partial charge in [0.15, 0.2) is 0 Å². The Bertz CT molecular complexity index is 196. The SMILES string of the molecule is O=C(C1CCNC1)N1CC(CO)C1. The summed E-state index contributed by atoms with van der Waals surface area (Å²) in [4.78, 5) is 13.6. The molecular weight excluding hydrogens is 168 g/mol. The molecule has 0 saturated carbocycles. The van der Waals surface area contributed by atoms with E-state index in [-0.39, 0.29) is 18.4 Å². The number of hydrogen-bond donors (Lipinski definition) is 2. The first-order valence-corrected chi connectivity index (χ1v) is 4.91. The molecule has 0 aromatic heterocycles. The molecule has 13 heavy (non-hydrogen) atoms. The van der Waals surface area contributed by atoms with Crippen LogP contribution >= 0.6 is 0 Å². The van der Waals surface area contributed by atoms with Gasteiger partial charge in [-0.1, -0.05) is 0 Å². The molecule has 2 aliphatic rings. The molecule has 1 unspecified atom stereocenters. The van der Waals surface area contributed by atoms with Crippen molar-refractivity contribution in [1.82, 2.24) is 10.2 Å². The monoisotopic (exact) mass is 184 g/mol. The van der Waals surface area contributed by atoms with E-state index < -0.39 is 0 Å². The molecule has 2 rings (SSSR count). The number of rotatable bonds is 2. The van der Waals surface area contributed by atoms with Crippen LogP contribution in [0.1, 0.15) is 6.42 Å². The zero-order valence-electron chi connectivity index (χ0n) is 7.70. The van der Waals surface area contributed by atoms with E-state index in [1.165, 1.54) is 0 Å². The third kappa shape index (κ3) is 1.69. The smallest absolute Gasteiger partial charge is 0.227 e. The van der Waals surface area contributed by atoms with E-state index in [9.17, 15) is 4.79 Å². The minimum atomic E-state index is 0.194. The fourth-order valence-electron chi connectivity index (χ4n) is 1.99. The molecule has 2 N–H and O–H groups in total. The van der Waals surface area contributed by atoms with Crippen LogP contribution in [0.25, 0.3) is 0 Å². The van der Waals surface area contributed by atoms with E-state index in [1.54, 1.807) is 0 Å². The van der Waals surface area contributed by atoms with Crippen LogP contribution in [0.5, 0.6) is 0 Å². The van der Waals surface area contributed by atoms with Gasteiger partial charge in [-0.3, -0.25) is 4.79 Å². The number of nitrogens with zero attached hydrogens (tertiary/aromatic N) is 1. The van der Waals surface area contributed by atoms with Crippen LogP contribution in [0.15, 0.2) is 0 Å². The van der Waals surface area contributed by atoms with E-state index in [1.807, 2.05) is 4.90 Å². The third-order valence-corrected chi connectivity index (χ3v) is 2.94. The van der Waals surface area contributed by atoms with Crippen molar-refractivity contribution >= 4 is 5.91 Å². The lowest BCUT2D eigenvalue weighted by Crippen LogP contribution is -2.53. The van der Waals surface area contributed by atoms with Crippen molar-refractivity contribution in [2.45, 2.75) is 6.42 Å². The molecule has 2 fully saturated rings. The van der Waals surface area contributed by atoms with Crippen LogP contribution in [-0.4, -0.2) is 48.7 Å². The predicted molar refractivity (Wildman–Crippen MR) is 48.1 cm³/mol. The molecule has 0 spiro atoms. The standard InChI is InChI=1S/C9H16N2O2/c12-6-7-4-11(5-7)9(13)8-1-2-10-3-8/h7-8,10,12H,1-6H2. The predicted octanol–water partition coefficient (Wildman–Crippen LogP) is -0.953. The van der Waals surface area contributed by atoms with Crippen molar-refractivity contribution in [1.29, 1.82) is 0 Å². The van der Waals surface area contributed by atoms with E-state index >= 15 is 0 Å². The van der Waals surface area contributed by atoms with Crippen molar-refractivity contribution in [3.05, 3.63) is 0 Å². The lowest BCUT2D eigenvalue weighted by Gasteiger charge is -2.39. The molecule has 2 aliphatic heterocycles.